The average molecular weight is 293 g/mol. The predicted molar refractivity (Wildman–Crippen MR) is 82.8 cm³/mol. The molecule has 0 N–H and O–H groups in total. The van der Waals surface area contributed by atoms with E-state index in [9.17, 15) is 4.79 Å². The van der Waals surface area contributed by atoms with Crippen LogP contribution >= 0.6 is 0 Å². The van der Waals surface area contributed by atoms with Crippen molar-refractivity contribution in [2.45, 2.75) is 6.61 Å². The molecular formula is C18H15NO3. The molecule has 0 fully saturated rings. The quantitative estimate of drug-likeness (QED) is 0.482. The van der Waals surface area contributed by atoms with Crippen molar-refractivity contribution in [1.82, 2.24) is 0 Å². The highest BCUT2D eigenvalue weighted by molar-refractivity contribution is 5.98. The van der Waals surface area contributed by atoms with Crippen molar-refractivity contribution < 1.29 is 14.3 Å². The molecule has 0 heterocycles. The highest BCUT2D eigenvalue weighted by atomic mass is 16.5. The van der Waals surface area contributed by atoms with E-state index in [4.69, 9.17) is 10.00 Å². The number of hydrogen-bond donors (Lipinski definition) is 0. The maximum atomic E-state index is 11.5. The summed E-state index contributed by atoms with van der Waals surface area (Å²) in [5.41, 5.74) is 1.62. The molecule has 0 spiro atoms. The lowest BCUT2D eigenvalue weighted by Gasteiger charge is -2.09. The first kappa shape index (κ1) is 15.3. The summed E-state index contributed by atoms with van der Waals surface area (Å²) in [6.45, 7) is 0.409. The van der Waals surface area contributed by atoms with E-state index in [1.54, 1.807) is 12.1 Å². The van der Waals surface area contributed by atoms with Gasteiger partial charge in [-0.15, -0.1) is 0 Å². The van der Waals surface area contributed by atoms with Crippen LogP contribution in [-0.2, 0) is 16.1 Å². The van der Waals surface area contributed by atoms with Gasteiger partial charge in [0, 0.05) is 5.56 Å². The largest absolute Gasteiger partial charge is 0.488 e. The molecule has 0 aliphatic rings. The zero-order chi connectivity index (χ0) is 15.8. The summed E-state index contributed by atoms with van der Waals surface area (Å²) < 4.78 is 10.3. The first-order chi connectivity index (χ1) is 10.7. The second-order valence-corrected chi connectivity index (χ2v) is 4.47. The number of carbonyl (C=O) groups is 1. The van der Waals surface area contributed by atoms with Gasteiger partial charge in [-0.3, -0.25) is 0 Å². The molecule has 0 aromatic heterocycles. The van der Waals surface area contributed by atoms with Crippen LogP contribution in [0.2, 0.25) is 0 Å². The first-order valence-electron chi connectivity index (χ1n) is 6.70. The molecule has 0 saturated carbocycles. The number of methoxy groups -OCH3 is 1. The van der Waals surface area contributed by atoms with Crippen LogP contribution in [0.3, 0.4) is 0 Å². The number of carbonyl (C=O) groups excluding carboxylic acids is 1. The molecular weight excluding hydrogens is 278 g/mol. The molecule has 0 atom stereocenters. The van der Waals surface area contributed by atoms with E-state index in [1.807, 2.05) is 48.5 Å². The minimum absolute atomic E-state index is 0.0711. The van der Waals surface area contributed by atoms with Crippen LogP contribution in [0.5, 0.6) is 5.75 Å². The van der Waals surface area contributed by atoms with Gasteiger partial charge in [0.15, 0.2) is 0 Å². The van der Waals surface area contributed by atoms with E-state index in [0.717, 1.165) is 5.56 Å². The van der Waals surface area contributed by atoms with Crippen molar-refractivity contribution in [1.29, 1.82) is 5.26 Å². The number of nitriles is 1. The summed E-state index contributed by atoms with van der Waals surface area (Å²) in [5, 5.41) is 9.03. The summed E-state index contributed by atoms with van der Waals surface area (Å²) in [5.74, 6) is -0.0663. The molecule has 2 aromatic rings. The minimum Gasteiger partial charge on any atom is -0.488 e. The Kier molecular flexibility index (Phi) is 5.33. The molecule has 2 aromatic carbocycles. The number of nitrogens with zero attached hydrogens (tertiary/aromatic N) is 1. The van der Waals surface area contributed by atoms with Gasteiger partial charge in [0.25, 0.3) is 0 Å². The number of ether oxygens (including phenoxy) is 2. The normalized spacial score (nSPS) is 10.6. The number of esters is 1. The Bertz CT molecular complexity index is 715. The second kappa shape index (κ2) is 7.65. The summed E-state index contributed by atoms with van der Waals surface area (Å²) in [6.07, 6.45) is 1.46. The van der Waals surface area contributed by atoms with Gasteiger partial charge in [-0.25, -0.2) is 4.79 Å². The van der Waals surface area contributed by atoms with Gasteiger partial charge in [0.2, 0.25) is 0 Å². The second-order valence-electron chi connectivity index (χ2n) is 4.47. The molecule has 0 aliphatic carbocycles. The molecule has 110 valence electrons. The predicted octanol–water partition coefficient (Wildman–Crippen LogP) is 3.35. The van der Waals surface area contributed by atoms with Gasteiger partial charge in [0.1, 0.15) is 24.0 Å². The summed E-state index contributed by atoms with van der Waals surface area (Å²) in [7, 11) is 1.24. The molecule has 0 unspecified atom stereocenters. The molecule has 4 nitrogen and oxygen atoms in total. The van der Waals surface area contributed by atoms with Crippen LogP contribution in [0, 0.1) is 11.3 Å². The molecule has 0 amide bonds. The Hall–Kier alpha value is -3.06. The molecule has 2 rings (SSSR count). The maximum absolute atomic E-state index is 11.5. The van der Waals surface area contributed by atoms with E-state index < -0.39 is 5.97 Å². The fourth-order valence-electron chi connectivity index (χ4n) is 1.87. The SMILES string of the molecule is COC(=O)/C(C#N)=C/c1ccccc1OCc1ccccc1. The van der Waals surface area contributed by atoms with Crippen LogP contribution in [0.1, 0.15) is 11.1 Å². The van der Waals surface area contributed by atoms with Crippen molar-refractivity contribution >= 4 is 12.0 Å². The Morgan fingerprint density at radius 1 is 1.14 bits per heavy atom. The first-order valence-corrected chi connectivity index (χ1v) is 6.70. The van der Waals surface area contributed by atoms with Gasteiger partial charge in [-0.1, -0.05) is 48.5 Å². The lowest BCUT2D eigenvalue weighted by Crippen LogP contribution is -2.03. The number of rotatable bonds is 5. The zero-order valence-corrected chi connectivity index (χ0v) is 12.2. The smallest absolute Gasteiger partial charge is 0.348 e. The average Bonchev–Trinajstić information content (AvgIpc) is 2.59. The fourth-order valence-corrected chi connectivity index (χ4v) is 1.87. The molecule has 0 aliphatic heterocycles. The third kappa shape index (κ3) is 3.97. The van der Waals surface area contributed by atoms with E-state index in [1.165, 1.54) is 13.2 Å². The van der Waals surface area contributed by atoms with Gasteiger partial charge in [-0.2, -0.15) is 5.26 Å². The molecule has 22 heavy (non-hydrogen) atoms. The van der Waals surface area contributed by atoms with Crippen molar-refractivity contribution in [3.05, 3.63) is 71.3 Å². The maximum Gasteiger partial charge on any atom is 0.348 e. The van der Waals surface area contributed by atoms with E-state index in [0.29, 0.717) is 17.9 Å². The molecule has 0 bridgehead atoms. The molecule has 0 radical (unpaired) electrons. The van der Waals surface area contributed by atoms with Crippen molar-refractivity contribution in [2.75, 3.05) is 7.11 Å². The summed E-state index contributed by atoms with van der Waals surface area (Å²) >= 11 is 0. The number of para-hydroxylation sites is 1. The topological polar surface area (TPSA) is 59.3 Å². The standard InChI is InChI=1S/C18H15NO3/c1-21-18(20)16(12-19)11-15-9-5-6-10-17(15)22-13-14-7-3-2-4-8-14/h2-11H,13H2,1H3/b16-11+. The monoisotopic (exact) mass is 293 g/mol. The van der Waals surface area contributed by atoms with Gasteiger partial charge in [0.05, 0.1) is 7.11 Å². The highest BCUT2D eigenvalue weighted by Gasteiger charge is 2.10. The van der Waals surface area contributed by atoms with Crippen LogP contribution in [0.4, 0.5) is 0 Å². The van der Waals surface area contributed by atoms with Crippen molar-refractivity contribution in [3.63, 3.8) is 0 Å². The Morgan fingerprint density at radius 3 is 2.50 bits per heavy atom. The summed E-state index contributed by atoms with van der Waals surface area (Å²) in [4.78, 5) is 11.5. The molecule has 0 saturated heterocycles. The van der Waals surface area contributed by atoms with Crippen molar-refractivity contribution in [2.24, 2.45) is 0 Å². The van der Waals surface area contributed by atoms with E-state index in [2.05, 4.69) is 4.74 Å². The van der Waals surface area contributed by atoms with Crippen LogP contribution in [-0.4, -0.2) is 13.1 Å². The third-order valence-corrected chi connectivity index (χ3v) is 2.98. The zero-order valence-electron chi connectivity index (χ0n) is 12.2. The van der Waals surface area contributed by atoms with Gasteiger partial charge >= 0.3 is 5.97 Å². The van der Waals surface area contributed by atoms with Crippen LogP contribution in [0.25, 0.3) is 6.08 Å². The van der Waals surface area contributed by atoms with E-state index in [-0.39, 0.29) is 5.57 Å². The Labute approximate surface area is 129 Å². The fraction of sp³-hybridized carbons (Fsp3) is 0.111. The molecule has 4 heteroatoms. The number of benzene rings is 2. The van der Waals surface area contributed by atoms with Crippen LogP contribution < -0.4 is 4.74 Å². The van der Waals surface area contributed by atoms with Crippen molar-refractivity contribution in [3.8, 4) is 11.8 Å². The van der Waals surface area contributed by atoms with Gasteiger partial charge in [-0.05, 0) is 17.7 Å². The van der Waals surface area contributed by atoms with E-state index >= 15 is 0 Å². The third-order valence-electron chi connectivity index (χ3n) is 2.98. The van der Waals surface area contributed by atoms with Gasteiger partial charge < -0.3 is 9.47 Å². The minimum atomic E-state index is -0.666. The highest BCUT2D eigenvalue weighted by Crippen LogP contribution is 2.22. The lowest BCUT2D eigenvalue weighted by molar-refractivity contribution is -0.135. The van der Waals surface area contributed by atoms with Crippen LogP contribution in [0.15, 0.2) is 60.2 Å². The lowest BCUT2D eigenvalue weighted by atomic mass is 10.1. The number of hydrogen-bond acceptors (Lipinski definition) is 4. The summed E-state index contributed by atoms with van der Waals surface area (Å²) in [6, 6.07) is 18.8. The Morgan fingerprint density at radius 2 is 1.82 bits per heavy atom. The Balaban J connectivity index is 2.22.